The number of hydrogen-bond acceptors (Lipinski definition) is 3. The molecule has 1 heterocycles. The number of benzene rings is 2. The van der Waals surface area contributed by atoms with E-state index < -0.39 is 12.2 Å². The van der Waals surface area contributed by atoms with Crippen LogP contribution in [0.3, 0.4) is 0 Å². The second-order valence-corrected chi connectivity index (χ2v) is 5.76. The lowest BCUT2D eigenvalue weighted by Gasteiger charge is -2.18. The Morgan fingerprint density at radius 1 is 1.13 bits per heavy atom. The smallest absolute Gasteiger partial charge is 0.216 e. The molecule has 0 bridgehead atoms. The Bertz CT molecular complexity index is 841. The van der Waals surface area contributed by atoms with Gasteiger partial charge in [0.15, 0.2) is 0 Å². The predicted octanol–water partition coefficient (Wildman–Crippen LogP) is 2.24. The van der Waals surface area contributed by atoms with Crippen LogP contribution < -0.4 is 5.32 Å². The van der Waals surface area contributed by atoms with E-state index in [0.717, 1.165) is 21.8 Å². The molecule has 5 heteroatoms. The first kappa shape index (κ1) is 15.5. The highest BCUT2D eigenvalue weighted by atomic mass is 16.3. The van der Waals surface area contributed by atoms with Crippen LogP contribution in [0.5, 0.6) is 0 Å². The van der Waals surface area contributed by atoms with Crippen LogP contribution in [0.4, 0.5) is 0 Å². The number of para-hydroxylation sites is 1. The summed E-state index contributed by atoms with van der Waals surface area (Å²) < 4.78 is 0. The van der Waals surface area contributed by atoms with Crippen molar-refractivity contribution >= 4 is 27.7 Å². The third-order valence-electron chi connectivity index (χ3n) is 4.05. The first-order valence-electron chi connectivity index (χ1n) is 7.67. The third kappa shape index (κ3) is 3.21. The van der Waals surface area contributed by atoms with Crippen molar-refractivity contribution in [3.05, 3.63) is 48.0 Å². The third-order valence-corrected chi connectivity index (χ3v) is 4.05. The van der Waals surface area contributed by atoms with E-state index in [-0.39, 0.29) is 5.91 Å². The lowest BCUT2D eigenvalue weighted by atomic mass is 10.0. The quantitative estimate of drug-likeness (QED) is 0.583. The van der Waals surface area contributed by atoms with Gasteiger partial charge in [-0.1, -0.05) is 30.3 Å². The van der Waals surface area contributed by atoms with E-state index in [2.05, 4.69) is 10.3 Å². The Hall–Kier alpha value is -2.37. The lowest BCUT2D eigenvalue weighted by molar-refractivity contribution is -0.119. The van der Waals surface area contributed by atoms with E-state index in [0.29, 0.717) is 18.5 Å². The SMILES string of the molecule is CC(=O)NCCC(O)C(O)c1ccc2c(c1)[nH]c1ccccc12. The van der Waals surface area contributed by atoms with Crippen molar-refractivity contribution in [1.82, 2.24) is 10.3 Å². The van der Waals surface area contributed by atoms with Gasteiger partial charge >= 0.3 is 0 Å². The van der Waals surface area contributed by atoms with E-state index in [4.69, 9.17) is 0 Å². The highest BCUT2D eigenvalue weighted by molar-refractivity contribution is 6.07. The molecule has 3 aromatic rings. The van der Waals surface area contributed by atoms with Crippen LogP contribution in [0.2, 0.25) is 0 Å². The van der Waals surface area contributed by atoms with Crippen LogP contribution in [0.1, 0.15) is 25.0 Å². The van der Waals surface area contributed by atoms with Gasteiger partial charge in [-0.15, -0.1) is 0 Å². The van der Waals surface area contributed by atoms with Crippen molar-refractivity contribution < 1.29 is 15.0 Å². The highest BCUT2D eigenvalue weighted by Crippen LogP contribution is 2.28. The molecule has 2 unspecified atom stereocenters. The Morgan fingerprint density at radius 2 is 1.87 bits per heavy atom. The van der Waals surface area contributed by atoms with Crippen LogP contribution in [0, 0.1) is 0 Å². The topological polar surface area (TPSA) is 85.3 Å². The predicted molar refractivity (Wildman–Crippen MR) is 90.1 cm³/mol. The molecular formula is C18H20N2O3. The van der Waals surface area contributed by atoms with Crippen LogP contribution in [0.15, 0.2) is 42.5 Å². The molecule has 0 radical (unpaired) electrons. The monoisotopic (exact) mass is 312 g/mol. The van der Waals surface area contributed by atoms with Gasteiger partial charge in [-0.05, 0) is 24.1 Å². The molecule has 0 spiro atoms. The zero-order valence-corrected chi connectivity index (χ0v) is 12.9. The van der Waals surface area contributed by atoms with Gasteiger partial charge in [0.1, 0.15) is 6.10 Å². The fraction of sp³-hybridized carbons (Fsp3) is 0.278. The highest BCUT2D eigenvalue weighted by Gasteiger charge is 2.19. The molecule has 0 aliphatic carbocycles. The Labute approximate surface area is 133 Å². The summed E-state index contributed by atoms with van der Waals surface area (Å²) in [5.41, 5.74) is 2.62. The maximum Gasteiger partial charge on any atom is 0.216 e. The van der Waals surface area contributed by atoms with Crippen molar-refractivity contribution in [3.63, 3.8) is 0 Å². The minimum atomic E-state index is -0.987. The first-order chi connectivity index (χ1) is 11.1. The molecule has 120 valence electrons. The molecule has 0 aliphatic rings. The Kier molecular flexibility index (Phi) is 4.32. The van der Waals surface area contributed by atoms with Crippen LogP contribution in [0.25, 0.3) is 21.8 Å². The van der Waals surface area contributed by atoms with Crippen molar-refractivity contribution in [2.45, 2.75) is 25.6 Å². The molecule has 1 amide bonds. The van der Waals surface area contributed by atoms with Crippen LogP contribution >= 0.6 is 0 Å². The lowest BCUT2D eigenvalue weighted by Crippen LogP contribution is -2.27. The molecule has 3 rings (SSSR count). The maximum absolute atomic E-state index is 10.8. The van der Waals surface area contributed by atoms with E-state index in [1.165, 1.54) is 6.92 Å². The number of rotatable bonds is 5. The molecule has 5 nitrogen and oxygen atoms in total. The number of amides is 1. The minimum absolute atomic E-state index is 0.147. The van der Waals surface area contributed by atoms with Gasteiger partial charge in [0.25, 0.3) is 0 Å². The van der Waals surface area contributed by atoms with E-state index >= 15 is 0 Å². The van der Waals surface area contributed by atoms with Gasteiger partial charge in [0.2, 0.25) is 5.91 Å². The van der Waals surface area contributed by atoms with Gasteiger partial charge in [0, 0.05) is 35.3 Å². The number of H-pyrrole nitrogens is 1. The molecule has 0 saturated carbocycles. The standard InChI is InChI=1S/C18H20N2O3/c1-11(21)19-9-8-17(22)18(23)12-6-7-14-13-4-2-3-5-15(13)20-16(14)10-12/h2-7,10,17-18,20,22-23H,8-9H2,1H3,(H,19,21). The summed E-state index contributed by atoms with van der Waals surface area (Å²) in [6.45, 7) is 1.76. The van der Waals surface area contributed by atoms with Crippen molar-refractivity contribution in [2.75, 3.05) is 6.54 Å². The van der Waals surface area contributed by atoms with Crippen molar-refractivity contribution in [3.8, 4) is 0 Å². The van der Waals surface area contributed by atoms with Crippen LogP contribution in [-0.2, 0) is 4.79 Å². The Balaban J connectivity index is 1.82. The molecule has 23 heavy (non-hydrogen) atoms. The molecular weight excluding hydrogens is 292 g/mol. The average Bonchev–Trinajstić information content (AvgIpc) is 2.91. The van der Waals surface area contributed by atoms with Gasteiger partial charge in [-0.3, -0.25) is 4.79 Å². The number of carbonyl (C=O) groups excluding carboxylic acids is 1. The Morgan fingerprint density at radius 3 is 2.65 bits per heavy atom. The number of aromatic amines is 1. The van der Waals surface area contributed by atoms with Gasteiger partial charge in [-0.25, -0.2) is 0 Å². The summed E-state index contributed by atoms with van der Waals surface area (Å²) in [5, 5.41) is 25.2. The second-order valence-electron chi connectivity index (χ2n) is 5.76. The van der Waals surface area contributed by atoms with Crippen LogP contribution in [-0.4, -0.2) is 33.8 Å². The number of nitrogens with one attached hydrogen (secondary N) is 2. The second kappa shape index (κ2) is 6.40. The maximum atomic E-state index is 10.8. The average molecular weight is 312 g/mol. The summed E-state index contributed by atoms with van der Waals surface area (Å²) in [6.07, 6.45) is -1.62. The minimum Gasteiger partial charge on any atom is -0.390 e. The molecule has 0 saturated heterocycles. The normalized spacial score (nSPS) is 14.0. The largest absolute Gasteiger partial charge is 0.390 e. The number of aliphatic hydroxyl groups is 2. The fourth-order valence-electron chi connectivity index (χ4n) is 2.83. The summed E-state index contributed by atoms with van der Waals surface area (Å²) in [4.78, 5) is 14.2. The van der Waals surface area contributed by atoms with E-state index in [1.54, 1.807) is 0 Å². The zero-order valence-electron chi connectivity index (χ0n) is 12.9. The van der Waals surface area contributed by atoms with Crippen molar-refractivity contribution in [1.29, 1.82) is 0 Å². The fourth-order valence-corrected chi connectivity index (χ4v) is 2.83. The summed E-state index contributed by atoms with van der Waals surface area (Å²) >= 11 is 0. The van der Waals surface area contributed by atoms with Gasteiger partial charge in [-0.2, -0.15) is 0 Å². The summed E-state index contributed by atoms with van der Waals surface area (Å²) in [6, 6.07) is 13.7. The molecule has 0 fully saturated rings. The molecule has 4 N–H and O–H groups in total. The summed E-state index contributed by atoms with van der Waals surface area (Å²) in [7, 11) is 0. The van der Waals surface area contributed by atoms with Gasteiger partial charge in [0.05, 0.1) is 6.10 Å². The number of carbonyl (C=O) groups is 1. The molecule has 2 atom stereocenters. The molecule has 2 aromatic carbocycles. The van der Waals surface area contributed by atoms with E-state index in [1.807, 2.05) is 42.5 Å². The van der Waals surface area contributed by atoms with Gasteiger partial charge < -0.3 is 20.5 Å². The molecule has 0 aliphatic heterocycles. The zero-order chi connectivity index (χ0) is 16.4. The van der Waals surface area contributed by atoms with Crippen molar-refractivity contribution in [2.24, 2.45) is 0 Å². The van der Waals surface area contributed by atoms with E-state index in [9.17, 15) is 15.0 Å². The first-order valence-corrected chi connectivity index (χ1v) is 7.67. The number of aliphatic hydroxyl groups excluding tert-OH is 2. The number of hydrogen-bond donors (Lipinski definition) is 4. The number of fused-ring (bicyclic) bond motifs is 3. The molecule has 1 aromatic heterocycles. The summed E-state index contributed by atoms with van der Waals surface area (Å²) in [5.74, 6) is -0.147. The number of aromatic nitrogens is 1.